The zero-order valence-corrected chi connectivity index (χ0v) is 10.3. The molecule has 0 spiro atoms. The van der Waals surface area contributed by atoms with Crippen LogP contribution in [0.2, 0.25) is 0 Å². The summed E-state index contributed by atoms with van der Waals surface area (Å²) in [5, 5.41) is 14.4. The second kappa shape index (κ2) is 5.69. The van der Waals surface area contributed by atoms with E-state index < -0.39 is 0 Å². The Morgan fingerprint density at radius 3 is 3.00 bits per heavy atom. The topological polar surface area (TPSA) is 70.6 Å². The lowest BCUT2D eigenvalue weighted by molar-refractivity contribution is 0.315. The third-order valence-electron chi connectivity index (χ3n) is 2.15. The van der Waals surface area contributed by atoms with Gasteiger partial charge in [-0.3, -0.25) is 0 Å². The van der Waals surface area contributed by atoms with Crippen LogP contribution in [0.15, 0.2) is 27.8 Å². The van der Waals surface area contributed by atoms with Gasteiger partial charge >= 0.3 is 0 Å². The fourth-order valence-electron chi connectivity index (χ4n) is 1.10. The molecule has 0 aromatic heterocycles. The highest BCUT2D eigenvalue weighted by molar-refractivity contribution is 9.10. The Morgan fingerprint density at radius 1 is 1.69 bits per heavy atom. The van der Waals surface area contributed by atoms with E-state index in [0.717, 1.165) is 4.47 Å². The lowest BCUT2D eigenvalue weighted by atomic mass is 10.1. The largest absolute Gasteiger partial charge is 0.409 e. The Hall–Kier alpha value is -1.30. The lowest BCUT2D eigenvalue weighted by Crippen LogP contribution is -2.27. The predicted octanol–water partition coefficient (Wildman–Crippen LogP) is 2.38. The zero-order valence-electron chi connectivity index (χ0n) is 8.74. The van der Waals surface area contributed by atoms with Crippen molar-refractivity contribution in [1.82, 2.24) is 0 Å². The van der Waals surface area contributed by atoms with Crippen LogP contribution < -0.4 is 11.1 Å². The first-order valence-corrected chi connectivity index (χ1v) is 5.50. The van der Waals surface area contributed by atoms with E-state index >= 15 is 0 Å². The highest BCUT2D eigenvalue weighted by Crippen LogP contribution is 2.23. The van der Waals surface area contributed by atoms with Crippen molar-refractivity contribution in [2.24, 2.45) is 16.8 Å². The van der Waals surface area contributed by atoms with E-state index in [1.807, 2.05) is 0 Å². The van der Waals surface area contributed by atoms with Gasteiger partial charge in [0.15, 0.2) is 0 Å². The summed E-state index contributed by atoms with van der Waals surface area (Å²) < 4.78 is 13.7. The second-order valence-electron chi connectivity index (χ2n) is 3.43. The first kappa shape index (κ1) is 12.8. The van der Waals surface area contributed by atoms with Crippen LogP contribution >= 0.6 is 15.9 Å². The minimum Gasteiger partial charge on any atom is -0.409 e. The number of halogens is 2. The molecule has 0 radical (unpaired) electrons. The van der Waals surface area contributed by atoms with E-state index in [1.165, 1.54) is 12.1 Å². The maximum absolute atomic E-state index is 12.9. The van der Waals surface area contributed by atoms with Crippen LogP contribution in [0.5, 0.6) is 0 Å². The molecule has 4 nitrogen and oxygen atoms in total. The minimum atomic E-state index is -0.317. The minimum absolute atomic E-state index is 0.139. The zero-order chi connectivity index (χ0) is 12.1. The monoisotopic (exact) mass is 289 g/mol. The van der Waals surface area contributed by atoms with Crippen molar-refractivity contribution in [1.29, 1.82) is 0 Å². The van der Waals surface area contributed by atoms with Crippen LogP contribution in [0, 0.1) is 11.7 Å². The number of oxime groups is 1. The van der Waals surface area contributed by atoms with Crippen LogP contribution in [0.1, 0.15) is 6.92 Å². The number of nitrogens with zero attached hydrogens (tertiary/aromatic N) is 1. The Kier molecular flexibility index (Phi) is 4.54. The molecular weight excluding hydrogens is 277 g/mol. The van der Waals surface area contributed by atoms with E-state index in [4.69, 9.17) is 10.9 Å². The first-order chi connectivity index (χ1) is 7.54. The fraction of sp³-hybridized carbons (Fsp3) is 0.300. The molecule has 1 unspecified atom stereocenters. The van der Waals surface area contributed by atoms with Crippen molar-refractivity contribution >= 4 is 27.5 Å². The molecule has 0 saturated heterocycles. The van der Waals surface area contributed by atoms with Gasteiger partial charge in [0.05, 0.1) is 5.69 Å². The maximum atomic E-state index is 12.9. The number of hydrogen-bond donors (Lipinski definition) is 3. The van der Waals surface area contributed by atoms with Gasteiger partial charge in [0.2, 0.25) is 0 Å². The van der Waals surface area contributed by atoms with Crippen molar-refractivity contribution in [2.45, 2.75) is 6.92 Å². The van der Waals surface area contributed by atoms with Crippen LogP contribution in [-0.2, 0) is 0 Å². The normalized spacial score (nSPS) is 13.6. The average Bonchev–Trinajstić information content (AvgIpc) is 2.28. The fourth-order valence-corrected chi connectivity index (χ4v) is 1.49. The average molecular weight is 290 g/mol. The van der Waals surface area contributed by atoms with Crippen LogP contribution in [0.25, 0.3) is 0 Å². The number of hydrogen-bond acceptors (Lipinski definition) is 3. The summed E-state index contributed by atoms with van der Waals surface area (Å²) in [5.74, 6) is -0.317. The molecule has 16 heavy (non-hydrogen) atoms. The highest BCUT2D eigenvalue weighted by atomic mass is 79.9. The van der Waals surface area contributed by atoms with E-state index in [1.54, 1.807) is 13.0 Å². The van der Waals surface area contributed by atoms with Gasteiger partial charge in [-0.25, -0.2) is 4.39 Å². The summed E-state index contributed by atoms with van der Waals surface area (Å²) >= 11 is 3.29. The molecule has 0 aliphatic heterocycles. The van der Waals surface area contributed by atoms with Gasteiger partial charge < -0.3 is 16.3 Å². The molecule has 0 saturated carbocycles. The molecule has 0 amide bonds. The van der Waals surface area contributed by atoms with Crippen molar-refractivity contribution in [3.8, 4) is 0 Å². The van der Waals surface area contributed by atoms with Gasteiger partial charge in [0.25, 0.3) is 0 Å². The number of rotatable bonds is 4. The number of nitrogens with two attached hydrogens (primary N) is 1. The molecule has 0 aliphatic rings. The van der Waals surface area contributed by atoms with Crippen LogP contribution in [0.3, 0.4) is 0 Å². The summed E-state index contributed by atoms with van der Waals surface area (Å²) in [5.41, 5.74) is 6.06. The van der Waals surface area contributed by atoms with Gasteiger partial charge in [-0.05, 0) is 34.1 Å². The molecule has 88 valence electrons. The van der Waals surface area contributed by atoms with Crippen molar-refractivity contribution < 1.29 is 9.60 Å². The third kappa shape index (κ3) is 3.37. The predicted molar refractivity (Wildman–Crippen MR) is 65.2 cm³/mol. The molecule has 4 N–H and O–H groups in total. The standard InChI is InChI=1S/C10H13BrFN3O/c1-6(10(13)15-16)5-14-9-4-7(12)2-3-8(9)11/h2-4,6,14,16H,5H2,1H3,(H2,13,15). The molecule has 1 aromatic rings. The summed E-state index contributed by atoms with van der Waals surface area (Å²) in [7, 11) is 0. The van der Waals surface area contributed by atoms with E-state index in [0.29, 0.717) is 12.2 Å². The first-order valence-electron chi connectivity index (χ1n) is 4.71. The van der Waals surface area contributed by atoms with Gasteiger partial charge in [0, 0.05) is 16.9 Å². The van der Waals surface area contributed by atoms with E-state index in [2.05, 4.69) is 26.4 Å². The Labute approximate surface area is 101 Å². The van der Waals surface area contributed by atoms with Gasteiger partial charge in [0.1, 0.15) is 11.7 Å². The number of nitrogens with one attached hydrogen (secondary N) is 1. The molecular formula is C10H13BrFN3O. The van der Waals surface area contributed by atoms with Crippen molar-refractivity contribution in [3.05, 3.63) is 28.5 Å². The molecule has 1 atom stereocenters. The highest BCUT2D eigenvalue weighted by Gasteiger charge is 2.08. The molecule has 1 aromatic carbocycles. The maximum Gasteiger partial charge on any atom is 0.143 e. The smallest absolute Gasteiger partial charge is 0.143 e. The van der Waals surface area contributed by atoms with Crippen molar-refractivity contribution in [3.63, 3.8) is 0 Å². The summed E-state index contributed by atoms with van der Waals surface area (Å²) in [4.78, 5) is 0. The summed E-state index contributed by atoms with van der Waals surface area (Å²) in [6.07, 6.45) is 0. The second-order valence-corrected chi connectivity index (χ2v) is 4.29. The van der Waals surface area contributed by atoms with Crippen LogP contribution in [0.4, 0.5) is 10.1 Å². The summed E-state index contributed by atoms with van der Waals surface area (Å²) in [6, 6.07) is 4.36. The molecule has 0 aliphatic carbocycles. The number of anilines is 1. The van der Waals surface area contributed by atoms with Gasteiger partial charge in [-0.1, -0.05) is 12.1 Å². The molecule has 0 bridgehead atoms. The summed E-state index contributed by atoms with van der Waals surface area (Å²) in [6.45, 7) is 2.26. The quantitative estimate of drug-likeness (QED) is 0.345. The Balaban J connectivity index is 2.64. The van der Waals surface area contributed by atoms with Gasteiger partial charge in [-0.15, -0.1) is 0 Å². The lowest BCUT2D eigenvalue weighted by Gasteiger charge is -2.13. The third-order valence-corrected chi connectivity index (χ3v) is 2.84. The molecule has 1 rings (SSSR count). The molecule has 6 heteroatoms. The van der Waals surface area contributed by atoms with E-state index in [9.17, 15) is 4.39 Å². The molecule has 0 fully saturated rings. The Bertz CT molecular complexity index is 398. The van der Waals surface area contributed by atoms with Crippen LogP contribution in [-0.4, -0.2) is 17.6 Å². The van der Waals surface area contributed by atoms with Gasteiger partial charge in [-0.2, -0.15) is 0 Å². The number of benzene rings is 1. The van der Waals surface area contributed by atoms with Crippen molar-refractivity contribution in [2.75, 3.05) is 11.9 Å². The van der Waals surface area contributed by atoms with E-state index in [-0.39, 0.29) is 17.6 Å². The Morgan fingerprint density at radius 2 is 2.38 bits per heavy atom. The molecule has 0 heterocycles. The SMILES string of the molecule is CC(CNc1cc(F)ccc1Br)/C(N)=N/O. The number of amidine groups is 1.